The van der Waals surface area contributed by atoms with Crippen LogP contribution in [0.25, 0.3) is 0 Å². The molecule has 28 heavy (non-hydrogen) atoms. The van der Waals surface area contributed by atoms with Crippen molar-refractivity contribution in [2.45, 2.75) is 23.6 Å². The quantitative estimate of drug-likeness (QED) is 0.557. The summed E-state index contributed by atoms with van der Waals surface area (Å²) in [6.07, 6.45) is -4.74. The Hall–Kier alpha value is -2.64. The minimum absolute atomic E-state index is 0.0363. The number of benzene rings is 2. The lowest BCUT2D eigenvalue weighted by Crippen LogP contribution is -2.40. The number of aliphatic hydroxyl groups is 1. The monoisotopic (exact) mass is 416 g/mol. The molecule has 10 heteroatoms. The Kier molecular flexibility index (Phi) is 6.01. The largest absolute Gasteiger partial charge is 0.417 e. The number of nitriles is 1. The summed E-state index contributed by atoms with van der Waals surface area (Å²) in [5, 5.41) is 21.7. The zero-order chi connectivity index (χ0) is 21.2. The average Bonchev–Trinajstić information content (AvgIpc) is 2.58. The van der Waals surface area contributed by atoms with Gasteiger partial charge in [0.1, 0.15) is 5.82 Å². The molecule has 1 unspecified atom stereocenters. The van der Waals surface area contributed by atoms with E-state index < -0.39 is 44.3 Å². The average molecular weight is 416 g/mol. The number of alkyl halides is 3. The van der Waals surface area contributed by atoms with Gasteiger partial charge in [0.05, 0.1) is 33.4 Å². The number of nitrogens with zero attached hydrogens (tertiary/aromatic N) is 1. The molecule has 5 nitrogen and oxygen atoms in total. The summed E-state index contributed by atoms with van der Waals surface area (Å²) in [6, 6.07) is 8.42. The zero-order valence-electron chi connectivity index (χ0n) is 14.6. The predicted molar refractivity (Wildman–Crippen MR) is 93.7 cm³/mol. The maximum atomic E-state index is 13.0. The molecule has 0 saturated heterocycles. The highest BCUT2D eigenvalue weighted by Gasteiger charge is 2.34. The molecule has 0 heterocycles. The third-order valence-corrected chi connectivity index (χ3v) is 5.78. The van der Waals surface area contributed by atoms with Crippen LogP contribution in [0.1, 0.15) is 18.1 Å². The van der Waals surface area contributed by atoms with Crippen molar-refractivity contribution >= 4 is 15.5 Å². The highest BCUT2D eigenvalue weighted by Crippen LogP contribution is 2.33. The molecule has 2 aromatic carbocycles. The number of halogens is 4. The predicted octanol–water partition coefficient (Wildman–Crippen LogP) is 3.35. The van der Waals surface area contributed by atoms with Gasteiger partial charge in [-0.15, -0.1) is 0 Å². The molecule has 2 N–H and O–H groups in total. The van der Waals surface area contributed by atoms with Crippen LogP contribution >= 0.6 is 0 Å². The summed E-state index contributed by atoms with van der Waals surface area (Å²) >= 11 is 0. The van der Waals surface area contributed by atoms with Crippen molar-refractivity contribution in [2.75, 3.05) is 17.6 Å². The van der Waals surface area contributed by atoms with Gasteiger partial charge < -0.3 is 10.4 Å². The van der Waals surface area contributed by atoms with Gasteiger partial charge in [-0.2, -0.15) is 18.4 Å². The Morgan fingerprint density at radius 1 is 1.14 bits per heavy atom. The van der Waals surface area contributed by atoms with Crippen LogP contribution in [0.15, 0.2) is 47.4 Å². The Balaban J connectivity index is 2.15. The van der Waals surface area contributed by atoms with Crippen LogP contribution in [0.2, 0.25) is 0 Å². The molecule has 0 bridgehead atoms. The van der Waals surface area contributed by atoms with Crippen LogP contribution in [0.4, 0.5) is 23.2 Å². The SMILES string of the molecule is CC(O)(CNc1ccc(C#N)c(C(F)(F)F)c1)CS(=O)(=O)c1ccc(F)cc1. The van der Waals surface area contributed by atoms with Gasteiger partial charge >= 0.3 is 6.18 Å². The van der Waals surface area contributed by atoms with Crippen LogP contribution in [0.3, 0.4) is 0 Å². The molecule has 0 aliphatic heterocycles. The summed E-state index contributed by atoms with van der Waals surface area (Å²) in [5.41, 5.74) is -3.56. The molecule has 1 atom stereocenters. The Labute approximate surface area is 159 Å². The standard InChI is InChI=1S/C18H16F4N2O3S/c1-17(25,11-28(26,27)15-6-3-13(19)4-7-15)10-24-14-5-2-12(9-23)16(8-14)18(20,21)22/h2-8,24-25H,10-11H2,1H3. The van der Waals surface area contributed by atoms with Crippen molar-refractivity contribution < 1.29 is 31.1 Å². The molecule has 0 aliphatic carbocycles. The lowest BCUT2D eigenvalue weighted by Gasteiger charge is -2.24. The maximum absolute atomic E-state index is 13.0. The summed E-state index contributed by atoms with van der Waals surface area (Å²) in [4.78, 5) is -0.188. The van der Waals surface area contributed by atoms with E-state index in [9.17, 15) is 31.1 Å². The fourth-order valence-corrected chi connectivity index (χ4v) is 4.10. The van der Waals surface area contributed by atoms with Crippen LogP contribution in [0.5, 0.6) is 0 Å². The first-order chi connectivity index (χ1) is 12.8. The van der Waals surface area contributed by atoms with Crippen LogP contribution < -0.4 is 5.32 Å². The van der Waals surface area contributed by atoms with E-state index in [2.05, 4.69) is 5.32 Å². The highest BCUT2D eigenvalue weighted by molar-refractivity contribution is 7.91. The van der Waals surface area contributed by atoms with Gasteiger partial charge in [0.2, 0.25) is 0 Å². The van der Waals surface area contributed by atoms with Crippen molar-refractivity contribution in [3.05, 3.63) is 59.4 Å². The molecular formula is C18H16F4N2O3S. The van der Waals surface area contributed by atoms with Crippen LogP contribution in [-0.2, 0) is 16.0 Å². The van der Waals surface area contributed by atoms with E-state index in [1.807, 2.05) is 0 Å². The first-order valence-electron chi connectivity index (χ1n) is 7.90. The first-order valence-corrected chi connectivity index (χ1v) is 9.55. The first kappa shape index (κ1) is 21.7. The summed E-state index contributed by atoms with van der Waals surface area (Å²) < 4.78 is 76.6. The number of hydrogen-bond donors (Lipinski definition) is 2. The third-order valence-electron chi connectivity index (χ3n) is 3.79. The van der Waals surface area contributed by atoms with Gasteiger partial charge in [0, 0.05) is 12.2 Å². The van der Waals surface area contributed by atoms with E-state index >= 15 is 0 Å². The Morgan fingerprint density at radius 3 is 2.29 bits per heavy atom. The Bertz CT molecular complexity index is 995. The van der Waals surface area contributed by atoms with Crippen molar-refractivity contribution in [2.24, 2.45) is 0 Å². The topological polar surface area (TPSA) is 90.2 Å². The minimum atomic E-state index is -4.74. The molecule has 0 saturated carbocycles. The molecule has 0 spiro atoms. The van der Waals surface area contributed by atoms with Crippen molar-refractivity contribution in [1.29, 1.82) is 5.26 Å². The minimum Gasteiger partial charge on any atom is -0.387 e. The Morgan fingerprint density at radius 2 is 1.75 bits per heavy atom. The molecular weight excluding hydrogens is 400 g/mol. The highest BCUT2D eigenvalue weighted by atomic mass is 32.2. The number of nitrogens with one attached hydrogen (secondary N) is 1. The molecule has 0 amide bonds. The molecule has 150 valence electrons. The van der Waals surface area contributed by atoms with Crippen molar-refractivity contribution in [3.8, 4) is 6.07 Å². The van der Waals surface area contributed by atoms with E-state index in [0.717, 1.165) is 30.3 Å². The van der Waals surface area contributed by atoms with Gasteiger partial charge in [-0.05, 0) is 49.4 Å². The van der Waals surface area contributed by atoms with Crippen LogP contribution in [0, 0.1) is 17.1 Å². The van der Waals surface area contributed by atoms with Crippen molar-refractivity contribution in [3.63, 3.8) is 0 Å². The summed E-state index contributed by atoms with van der Waals surface area (Å²) in [7, 11) is -3.96. The normalized spacial score (nSPS) is 14.2. The number of sulfone groups is 1. The molecule has 0 aromatic heterocycles. The van der Waals surface area contributed by atoms with Gasteiger partial charge in [-0.3, -0.25) is 0 Å². The van der Waals surface area contributed by atoms with E-state index in [-0.39, 0.29) is 17.1 Å². The summed E-state index contributed by atoms with van der Waals surface area (Å²) in [6.45, 7) is 0.825. The van der Waals surface area contributed by atoms with E-state index in [1.54, 1.807) is 0 Å². The van der Waals surface area contributed by atoms with E-state index in [1.165, 1.54) is 19.1 Å². The maximum Gasteiger partial charge on any atom is 0.417 e. The van der Waals surface area contributed by atoms with Gasteiger partial charge in [0.25, 0.3) is 0 Å². The second-order valence-electron chi connectivity index (χ2n) is 6.43. The molecule has 0 radical (unpaired) electrons. The van der Waals surface area contributed by atoms with Gasteiger partial charge in [0.15, 0.2) is 9.84 Å². The second kappa shape index (κ2) is 7.77. The van der Waals surface area contributed by atoms with E-state index in [0.29, 0.717) is 6.07 Å². The molecule has 2 aromatic rings. The van der Waals surface area contributed by atoms with Gasteiger partial charge in [-0.1, -0.05) is 0 Å². The molecule has 0 aliphatic rings. The number of rotatable bonds is 6. The lowest BCUT2D eigenvalue weighted by atomic mass is 10.1. The van der Waals surface area contributed by atoms with E-state index in [4.69, 9.17) is 5.26 Å². The molecule has 2 rings (SSSR count). The lowest BCUT2D eigenvalue weighted by molar-refractivity contribution is -0.137. The molecule has 0 fully saturated rings. The smallest absolute Gasteiger partial charge is 0.387 e. The van der Waals surface area contributed by atoms with Crippen molar-refractivity contribution in [1.82, 2.24) is 0 Å². The third kappa shape index (κ3) is 5.43. The fraction of sp³-hybridized carbons (Fsp3) is 0.278. The fourth-order valence-electron chi connectivity index (χ4n) is 2.46. The second-order valence-corrected chi connectivity index (χ2v) is 8.42. The number of hydrogen-bond acceptors (Lipinski definition) is 5. The van der Waals surface area contributed by atoms with Gasteiger partial charge in [-0.25, -0.2) is 12.8 Å². The van der Waals surface area contributed by atoms with Crippen LogP contribution in [-0.4, -0.2) is 31.4 Å². The zero-order valence-corrected chi connectivity index (χ0v) is 15.4. The summed E-state index contributed by atoms with van der Waals surface area (Å²) in [5.74, 6) is -1.35. The number of anilines is 1.